The highest BCUT2D eigenvalue weighted by molar-refractivity contribution is 9.10. The molecule has 3 N–H and O–H groups in total. The number of amides is 3. The molecule has 8 heteroatoms. The maximum atomic E-state index is 11.7. The molecule has 0 aromatic heterocycles. The first kappa shape index (κ1) is 18.0. The number of primary amides is 1. The summed E-state index contributed by atoms with van der Waals surface area (Å²) in [7, 11) is 0. The molecule has 0 unspecified atom stereocenters. The molecule has 1 aromatic carbocycles. The van der Waals surface area contributed by atoms with Gasteiger partial charge in [-0.05, 0) is 30.2 Å². The van der Waals surface area contributed by atoms with Crippen LogP contribution in [0, 0.1) is 5.92 Å². The average molecular weight is 373 g/mol. The van der Waals surface area contributed by atoms with Gasteiger partial charge >= 0.3 is 12.0 Å². The van der Waals surface area contributed by atoms with Gasteiger partial charge in [0.15, 0.2) is 12.7 Å². The zero-order valence-electron chi connectivity index (χ0n) is 12.2. The van der Waals surface area contributed by atoms with E-state index in [2.05, 4.69) is 15.9 Å². The number of carbonyl (C=O) groups excluding carboxylic acids is 3. The minimum Gasteiger partial charge on any atom is -0.482 e. The van der Waals surface area contributed by atoms with Crippen LogP contribution in [0.15, 0.2) is 28.7 Å². The number of ether oxygens (including phenoxy) is 2. The summed E-state index contributed by atoms with van der Waals surface area (Å²) in [6.45, 7) is 3.00. The highest BCUT2D eigenvalue weighted by atomic mass is 79.9. The topological polar surface area (TPSA) is 108 Å². The monoisotopic (exact) mass is 372 g/mol. The minimum atomic E-state index is -1.12. The highest BCUT2D eigenvalue weighted by Gasteiger charge is 2.27. The summed E-state index contributed by atoms with van der Waals surface area (Å²) < 4.78 is 11.2. The van der Waals surface area contributed by atoms with Crippen LogP contribution in [0.25, 0.3) is 0 Å². The lowest BCUT2D eigenvalue weighted by Crippen LogP contribution is -2.46. The van der Waals surface area contributed by atoms with E-state index in [4.69, 9.17) is 15.2 Å². The highest BCUT2D eigenvalue weighted by Crippen LogP contribution is 2.16. The third kappa shape index (κ3) is 6.13. The fourth-order valence-corrected chi connectivity index (χ4v) is 1.80. The zero-order chi connectivity index (χ0) is 16.7. The summed E-state index contributed by atoms with van der Waals surface area (Å²) in [5.41, 5.74) is 4.87. The number of hydrogen-bond acceptors (Lipinski definition) is 5. The second-order valence-electron chi connectivity index (χ2n) is 4.75. The predicted molar refractivity (Wildman–Crippen MR) is 82.1 cm³/mol. The van der Waals surface area contributed by atoms with Crippen LogP contribution in [0.2, 0.25) is 0 Å². The lowest BCUT2D eigenvalue weighted by Gasteiger charge is -2.19. The van der Waals surface area contributed by atoms with Crippen molar-refractivity contribution in [2.45, 2.75) is 20.0 Å². The van der Waals surface area contributed by atoms with Gasteiger partial charge < -0.3 is 15.2 Å². The van der Waals surface area contributed by atoms with Gasteiger partial charge in [0.2, 0.25) is 0 Å². The number of benzene rings is 1. The number of halogens is 1. The molecule has 0 aliphatic rings. The Kier molecular flexibility index (Phi) is 6.84. The fraction of sp³-hybridized carbons (Fsp3) is 0.357. The van der Waals surface area contributed by atoms with Crippen molar-refractivity contribution in [2.75, 3.05) is 6.61 Å². The van der Waals surface area contributed by atoms with Crippen molar-refractivity contribution in [3.8, 4) is 5.75 Å². The van der Waals surface area contributed by atoms with Gasteiger partial charge in [0.05, 0.1) is 0 Å². The van der Waals surface area contributed by atoms with Crippen molar-refractivity contribution in [3.63, 3.8) is 0 Å². The van der Waals surface area contributed by atoms with E-state index in [0.717, 1.165) is 4.47 Å². The SMILES string of the molecule is CC(C)[C@H](OC(=O)COc1ccc(Br)cc1)C(=O)NC(N)=O. The molecule has 0 saturated heterocycles. The maximum Gasteiger partial charge on any atom is 0.344 e. The lowest BCUT2D eigenvalue weighted by atomic mass is 10.1. The smallest absolute Gasteiger partial charge is 0.344 e. The van der Waals surface area contributed by atoms with Gasteiger partial charge in [-0.2, -0.15) is 0 Å². The molecule has 3 amide bonds. The number of hydrogen-bond donors (Lipinski definition) is 2. The van der Waals surface area contributed by atoms with E-state index in [-0.39, 0.29) is 12.5 Å². The maximum absolute atomic E-state index is 11.7. The largest absolute Gasteiger partial charge is 0.482 e. The van der Waals surface area contributed by atoms with Gasteiger partial charge in [-0.3, -0.25) is 10.1 Å². The van der Waals surface area contributed by atoms with E-state index in [9.17, 15) is 14.4 Å². The third-order valence-electron chi connectivity index (χ3n) is 2.54. The molecule has 120 valence electrons. The predicted octanol–water partition coefficient (Wildman–Crippen LogP) is 1.59. The van der Waals surface area contributed by atoms with Crippen molar-refractivity contribution in [3.05, 3.63) is 28.7 Å². The second kappa shape index (κ2) is 8.38. The normalized spacial score (nSPS) is 11.6. The molecule has 22 heavy (non-hydrogen) atoms. The Hall–Kier alpha value is -2.09. The first-order chi connectivity index (χ1) is 10.3. The summed E-state index contributed by atoms with van der Waals surface area (Å²) in [5, 5.41) is 1.89. The van der Waals surface area contributed by atoms with Gasteiger partial charge in [-0.15, -0.1) is 0 Å². The Morgan fingerprint density at radius 3 is 2.32 bits per heavy atom. The van der Waals surface area contributed by atoms with Crippen LogP contribution in [0.5, 0.6) is 5.75 Å². The summed E-state index contributed by atoms with van der Waals surface area (Å²) in [5.74, 6) is -1.32. The molecular formula is C14H17BrN2O5. The standard InChI is InChI=1S/C14H17BrN2O5/c1-8(2)12(13(19)17-14(16)20)22-11(18)7-21-10-5-3-9(15)4-6-10/h3-6,8,12H,7H2,1-2H3,(H3,16,17,19,20)/t12-/m0/s1. The molecule has 1 rings (SSSR count). The Morgan fingerprint density at radius 1 is 1.23 bits per heavy atom. The second-order valence-corrected chi connectivity index (χ2v) is 5.67. The van der Waals surface area contributed by atoms with Gasteiger partial charge in [-0.25, -0.2) is 9.59 Å². The molecule has 0 saturated carbocycles. The van der Waals surface area contributed by atoms with Crippen molar-refractivity contribution in [1.82, 2.24) is 5.32 Å². The van der Waals surface area contributed by atoms with E-state index in [1.165, 1.54) is 0 Å². The van der Waals surface area contributed by atoms with E-state index in [1.807, 2.05) is 5.32 Å². The number of carbonyl (C=O) groups is 3. The Labute approximate surface area is 136 Å². The lowest BCUT2D eigenvalue weighted by molar-refractivity contribution is -0.160. The van der Waals surface area contributed by atoms with Crippen molar-refractivity contribution in [1.29, 1.82) is 0 Å². The molecule has 0 aliphatic carbocycles. The first-order valence-corrected chi connectivity index (χ1v) is 7.27. The van der Waals surface area contributed by atoms with Crippen LogP contribution in [0.1, 0.15) is 13.8 Å². The molecule has 0 fully saturated rings. The van der Waals surface area contributed by atoms with E-state index in [1.54, 1.807) is 38.1 Å². The van der Waals surface area contributed by atoms with E-state index >= 15 is 0 Å². The summed E-state index contributed by atoms with van der Waals surface area (Å²) >= 11 is 3.28. The Balaban J connectivity index is 2.54. The fourth-order valence-electron chi connectivity index (χ4n) is 1.53. The van der Waals surface area contributed by atoms with Gasteiger partial charge in [-0.1, -0.05) is 29.8 Å². The molecule has 0 radical (unpaired) electrons. The number of nitrogens with one attached hydrogen (secondary N) is 1. The zero-order valence-corrected chi connectivity index (χ0v) is 13.8. The first-order valence-electron chi connectivity index (χ1n) is 6.47. The summed E-state index contributed by atoms with van der Waals surface area (Å²) in [6.07, 6.45) is -1.12. The third-order valence-corrected chi connectivity index (χ3v) is 3.07. The van der Waals surface area contributed by atoms with Crippen LogP contribution < -0.4 is 15.8 Å². The Morgan fingerprint density at radius 2 is 1.82 bits per heavy atom. The molecule has 1 atom stereocenters. The van der Waals surface area contributed by atoms with Crippen LogP contribution in [0.4, 0.5) is 4.79 Å². The van der Waals surface area contributed by atoms with Gasteiger partial charge in [0.25, 0.3) is 5.91 Å². The van der Waals surface area contributed by atoms with Gasteiger partial charge in [0.1, 0.15) is 5.75 Å². The average Bonchev–Trinajstić information content (AvgIpc) is 2.43. The van der Waals surface area contributed by atoms with Gasteiger partial charge in [0, 0.05) is 4.47 Å². The number of imide groups is 1. The number of urea groups is 1. The minimum absolute atomic E-state index is 0.323. The Bertz CT molecular complexity index is 545. The van der Waals surface area contributed by atoms with E-state index in [0.29, 0.717) is 5.75 Å². The molecule has 0 heterocycles. The summed E-state index contributed by atoms with van der Waals surface area (Å²) in [4.78, 5) is 34.1. The molecule has 0 spiro atoms. The van der Waals surface area contributed by atoms with E-state index < -0.39 is 24.0 Å². The summed E-state index contributed by atoms with van der Waals surface area (Å²) in [6, 6.07) is 5.88. The van der Waals surface area contributed by atoms with Crippen molar-refractivity contribution >= 4 is 33.8 Å². The number of rotatable bonds is 6. The van der Waals surface area contributed by atoms with Crippen LogP contribution in [0.3, 0.4) is 0 Å². The molecule has 7 nitrogen and oxygen atoms in total. The van der Waals surface area contributed by atoms with Crippen LogP contribution in [-0.2, 0) is 14.3 Å². The molecule has 1 aromatic rings. The molecule has 0 aliphatic heterocycles. The van der Waals surface area contributed by atoms with Crippen LogP contribution in [-0.4, -0.2) is 30.6 Å². The molecule has 0 bridgehead atoms. The van der Waals surface area contributed by atoms with Crippen LogP contribution >= 0.6 is 15.9 Å². The quantitative estimate of drug-likeness (QED) is 0.737. The number of esters is 1. The van der Waals surface area contributed by atoms with Crippen molar-refractivity contribution < 1.29 is 23.9 Å². The molecular weight excluding hydrogens is 356 g/mol. The number of nitrogens with two attached hydrogens (primary N) is 1. The van der Waals surface area contributed by atoms with Crippen molar-refractivity contribution in [2.24, 2.45) is 11.7 Å².